The van der Waals surface area contributed by atoms with Crippen molar-refractivity contribution in [2.45, 2.75) is 65.6 Å². The number of carbonyl (C=O) groups excluding carboxylic acids is 2. The van der Waals surface area contributed by atoms with Gasteiger partial charge in [0, 0.05) is 25.7 Å². The molecule has 2 amide bonds. The molecule has 1 atom stereocenters. The van der Waals surface area contributed by atoms with E-state index >= 15 is 0 Å². The summed E-state index contributed by atoms with van der Waals surface area (Å²) in [5, 5.41) is 9.33. The Morgan fingerprint density at radius 1 is 1.32 bits per heavy atom. The van der Waals surface area contributed by atoms with Crippen LogP contribution in [0.4, 0.5) is 4.79 Å². The van der Waals surface area contributed by atoms with E-state index in [1.54, 1.807) is 15.9 Å². The summed E-state index contributed by atoms with van der Waals surface area (Å²) in [6.45, 7) is 10.8. The van der Waals surface area contributed by atoms with E-state index in [-0.39, 0.29) is 24.0 Å². The topological polar surface area (TPSA) is 73.6 Å². The molecule has 6 nitrogen and oxygen atoms in total. The van der Waals surface area contributed by atoms with Crippen LogP contribution < -0.4 is 0 Å². The molecule has 0 spiro atoms. The third-order valence-electron chi connectivity index (χ3n) is 4.81. The van der Waals surface area contributed by atoms with E-state index in [0.29, 0.717) is 25.2 Å². The van der Waals surface area contributed by atoms with Crippen LogP contribution in [0.3, 0.4) is 0 Å². The first-order valence-corrected chi connectivity index (χ1v) is 9.88. The molecule has 0 aliphatic carbocycles. The summed E-state index contributed by atoms with van der Waals surface area (Å²) in [5.74, 6) is -0.228. The minimum atomic E-state index is -0.557. The van der Waals surface area contributed by atoms with Gasteiger partial charge in [0.25, 0.3) is 0 Å². The van der Waals surface area contributed by atoms with Crippen LogP contribution in [0.2, 0.25) is 0 Å². The lowest BCUT2D eigenvalue weighted by atomic mass is 9.95. The zero-order valence-corrected chi connectivity index (χ0v) is 17.6. The lowest BCUT2D eigenvalue weighted by Gasteiger charge is -2.37. The second-order valence-corrected chi connectivity index (χ2v) is 8.59. The van der Waals surface area contributed by atoms with Gasteiger partial charge in [0.2, 0.25) is 5.91 Å². The fourth-order valence-corrected chi connectivity index (χ4v) is 3.37. The number of likely N-dealkylation sites (tertiary alicyclic amines) is 1. The van der Waals surface area contributed by atoms with Gasteiger partial charge in [-0.1, -0.05) is 18.2 Å². The highest BCUT2D eigenvalue weighted by atomic mass is 16.6. The number of hydrogen-bond donors (Lipinski definition) is 0. The van der Waals surface area contributed by atoms with Crippen molar-refractivity contribution in [3.63, 3.8) is 0 Å². The number of amides is 2. The molecule has 0 unspecified atom stereocenters. The van der Waals surface area contributed by atoms with Gasteiger partial charge in [-0.2, -0.15) is 5.26 Å². The quantitative estimate of drug-likeness (QED) is 0.787. The predicted octanol–water partition coefficient (Wildman–Crippen LogP) is 3.94. The van der Waals surface area contributed by atoms with E-state index in [9.17, 15) is 14.9 Å². The molecule has 1 aliphatic rings. The summed E-state index contributed by atoms with van der Waals surface area (Å²) in [6.07, 6.45) is 1.16. The highest BCUT2D eigenvalue weighted by Crippen LogP contribution is 2.23. The second-order valence-electron chi connectivity index (χ2n) is 8.59. The fourth-order valence-electron chi connectivity index (χ4n) is 3.37. The molecule has 28 heavy (non-hydrogen) atoms. The standard InChI is InChI=1S/C22H31N3O3/c1-16(2)25(15-18-10-7-6-9-17(18)13-23)20(26)19-11-8-12-24(14-19)21(27)28-22(3,4)5/h6-7,9-10,16,19H,8,11-12,14-15H2,1-5H3/t19-/m1/s1. The van der Waals surface area contributed by atoms with Gasteiger partial charge in [-0.15, -0.1) is 0 Å². The molecule has 0 aromatic heterocycles. The Labute approximate surface area is 168 Å². The number of piperidine rings is 1. The summed E-state index contributed by atoms with van der Waals surface area (Å²) in [5.41, 5.74) is 0.866. The Morgan fingerprint density at radius 3 is 2.61 bits per heavy atom. The largest absolute Gasteiger partial charge is 0.444 e. The number of hydrogen-bond acceptors (Lipinski definition) is 4. The number of benzene rings is 1. The molecule has 0 radical (unpaired) electrons. The third kappa shape index (κ3) is 5.72. The Hall–Kier alpha value is -2.55. The van der Waals surface area contributed by atoms with Crippen molar-refractivity contribution in [2.24, 2.45) is 5.92 Å². The van der Waals surface area contributed by atoms with Gasteiger partial charge >= 0.3 is 6.09 Å². The first kappa shape index (κ1) is 21.7. The van der Waals surface area contributed by atoms with E-state index in [4.69, 9.17) is 4.74 Å². The monoisotopic (exact) mass is 385 g/mol. The first-order chi connectivity index (χ1) is 13.1. The van der Waals surface area contributed by atoms with Gasteiger partial charge in [0.15, 0.2) is 0 Å². The Kier molecular flexibility index (Phi) is 7.06. The molecule has 2 rings (SSSR count). The molecular weight excluding hydrogens is 354 g/mol. The first-order valence-electron chi connectivity index (χ1n) is 9.88. The fraction of sp³-hybridized carbons (Fsp3) is 0.591. The molecule has 1 aliphatic heterocycles. The summed E-state index contributed by atoms with van der Waals surface area (Å²) in [7, 11) is 0. The Bertz CT molecular complexity index is 746. The van der Waals surface area contributed by atoms with Gasteiger partial charge in [-0.05, 0) is 59.1 Å². The van der Waals surface area contributed by atoms with Crippen molar-refractivity contribution in [3.8, 4) is 6.07 Å². The molecule has 0 N–H and O–H groups in total. The van der Waals surface area contributed by atoms with Crippen LogP contribution in [0.5, 0.6) is 0 Å². The summed E-state index contributed by atoms with van der Waals surface area (Å²) >= 11 is 0. The lowest BCUT2D eigenvalue weighted by Crippen LogP contribution is -2.49. The van der Waals surface area contributed by atoms with Crippen molar-refractivity contribution < 1.29 is 14.3 Å². The molecule has 0 saturated carbocycles. The van der Waals surface area contributed by atoms with Gasteiger partial charge in [0.05, 0.1) is 17.6 Å². The number of carbonyl (C=O) groups is 2. The molecule has 1 fully saturated rings. The van der Waals surface area contributed by atoms with Crippen LogP contribution in [0.1, 0.15) is 58.6 Å². The molecule has 1 heterocycles. The van der Waals surface area contributed by atoms with E-state index in [2.05, 4.69) is 6.07 Å². The number of nitriles is 1. The average Bonchev–Trinajstić information content (AvgIpc) is 2.64. The summed E-state index contributed by atoms with van der Waals surface area (Å²) < 4.78 is 5.47. The van der Waals surface area contributed by atoms with Crippen LogP contribution in [-0.2, 0) is 16.1 Å². The normalized spacial score (nSPS) is 17.2. The van der Waals surface area contributed by atoms with Gasteiger partial charge in [-0.3, -0.25) is 4.79 Å². The van der Waals surface area contributed by atoms with Gasteiger partial charge in [-0.25, -0.2) is 4.79 Å². The van der Waals surface area contributed by atoms with Crippen molar-refractivity contribution in [1.82, 2.24) is 9.80 Å². The van der Waals surface area contributed by atoms with Gasteiger partial charge in [0.1, 0.15) is 5.60 Å². The highest BCUT2D eigenvalue weighted by Gasteiger charge is 2.34. The van der Waals surface area contributed by atoms with E-state index in [0.717, 1.165) is 18.4 Å². The minimum Gasteiger partial charge on any atom is -0.444 e. The number of ether oxygens (including phenoxy) is 1. The van der Waals surface area contributed by atoms with Crippen LogP contribution in [0.15, 0.2) is 24.3 Å². The molecule has 1 aromatic rings. The van der Waals surface area contributed by atoms with Crippen LogP contribution in [0.25, 0.3) is 0 Å². The SMILES string of the molecule is CC(C)N(Cc1ccccc1C#N)C(=O)[C@@H]1CCCN(C(=O)OC(C)(C)C)C1. The minimum absolute atomic E-state index is 0.00356. The lowest BCUT2D eigenvalue weighted by molar-refractivity contribution is -0.139. The van der Waals surface area contributed by atoms with E-state index in [1.807, 2.05) is 52.8 Å². The van der Waals surface area contributed by atoms with Gasteiger partial charge < -0.3 is 14.5 Å². The summed E-state index contributed by atoms with van der Waals surface area (Å²) in [4.78, 5) is 29.1. The Balaban J connectivity index is 2.12. The molecule has 152 valence electrons. The van der Waals surface area contributed by atoms with Crippen molar-refractivity contribution in [2.75, 3.05) is 13.1 Å². The second kappa shape index (κ2) is 9.09. The number of nitrogens with zero attached hydrogens (tertiary/aromatic N) is 3. The van der Waals surface area contributed by atoms with Crippen LogP contribution in [0, 0.1) is 17.2 Å². The molecule has 0 bridgehead atoms. The summed E-state index contributed by atoms with van der Waals surface area (Å²) in [6, 6.07) is 9.54. The maximum Gasteiger partial charge on any atom is 0.410 e. The van der Waals surface area contributed by atoms with Crippen LogP contribution >= 0.6 is 0 Å². The highest BCUT2D eigenvalue weighted by molar-refractivity contribution is 5.80. The zero-order valence-electron chi connectivity index (χ0n) is 17.6. The van der Waals surface area contributed by atoms with E-state index in [1.165, 1.54) is 0 Å². The maximum atomic E-state index is 13.3. The van der Waals surface area contributed by atoms with Crippen molar-refractivity contribution in [3.05, 3.63) is 35.4 Å². The number of rotatable bonds is 4. The Morgan fingerprint density at radius 2 is 2.00 bits per heavy atom. The smallest absolute Gasteiger partial charge is 0.410 e. The van der Waals surface area contributed by atoms with Crippen LogP contribution in [-0.4, -0.2) is 46.5 Å². The average molecular weight is 386 g/mol. The maximum absolute atomic E-state index is 13.3. The zero-order chi connectivity index (χ0) is 20.9. The molecule has 6 heteroatoms. The van der Waals surface area contributed by atoms with E-state index < -0.39 is 5.60 Å². The molecule has 1 aromatic carbocycles. The predicted molar refractivity (Wildman–Crippen MR) is 107 cm³/mol. The van der Waals surface area contributed by atoms with Crippen molar-refractivity contribution >= 4 is 12.0 Å². The third-order valence-corrected chi connectivity index (χ3v) is 4.81. The molecular formula is C22H31N3O3. The van der Waals surface area contributed by atoms with Crippen molar-refractivity contribution in [1.29, 1.82) is 5.26 Å². The molecule has 1 saturated heterocycles.